The van der Waals surface area contributed by atoms with Gasteiger partial charge in [-0.3, -0.25) is 0 Å². The lowest BCUT2D eigenvalue weighted by Crippen LogP contribution is -1.97. The minimum Gasteiger partial charge on any atom is -0.330 e. The summed E-state index contributed by atoms with van der Waals surface area (Å²) in [4.78, 5) is 0. The van der Waals surface area contributed by atoms with Crippen molar-refractivity contribution in [1.29, 1.82) is 0 Å². The highest BCUT2D eigenvalue weighted by Crippen LogP contribution is 2.02. The topological polar surface area (TPSA) is 26.0 Å². The number of hydrogen-bond acceptors (Lipinski definition) is 1. The van der Waals surface area contributed by atoms with Crippen molar-refractivity contribution in [3.8, 4) is 0 Å². The highest BCUT2D eigenvalue weighted by Gasteiger charge is 1.85. The Hall–Kier alpha value is 0.177. The third kappa shape index (κ3) is 8.18. The first kappa shape index (κ1) is 9.18. The van der Waals surface area contributed by atoms with Gasteiger partial charge in [0.15, 0.2) is 0 Å². The maximum atomic E-state index is 5.35. The quantitative estimate of drug-likeness (QED) is 0.432. The van der Waals surface area contributed by atoms with E-state index in [1.165, 1.54) is 48.4 Å². The van der Waals surface area contributed by atoms with Crippen molar-refractivity contribution in [2.45, 2.75) is 38.1 Å². The standard InChI is InChI=1S/C7H19NSi/c8-6-4-2-1-3-5-7-9/h1-8H2,9H3. The molecule has 2 N–H and O–H groups in total. The SMILES string of the molecule is NCCCCCCC[SiH3]. The van der Waals surface area contributed by atoms with Gasteiger partial charge in [0.05, 0.1) is 0 Å². The van der Waals surface area contributed by atoms with Gasteiger partial charge in [0.1, 0.15) is 0 Å². The molecule has 0 rings (SSSR count). The molecular formula is C7H19NSi. The molecule has 0 heterocycles. The van der Waals surface area contributed by atoms with Crippen molar-refractivity contribution in [3.63, 3.8) is 0 Å². The second-order valence-electron chi connectivity index (χ2n) is 2.56. The van der Waals surface area contributed by atoms with Crippen LogP contribution < -0.4 is 5.73 Å². The normalized spacial score (nSPS) is 10.3. The molecule has 0 saturated heterocycles. The lowest BCUT2D eigenvalue weighted by molar-refractivity contribution is 0.638. The highest BCUT2D eigenvalue weighted by atomic mass is 28.1. The maximum Gasteiger partial charge on any atom is 0.00279 e. The first-order valence-corrected chi connectivity index (χ1v) is 5.53. The minimum absolute atomic E-state index is 0.876. The van der Waals surface area contributed by atoms with Crippen LogP contribution in [0.25, 0.3) is 0 Å². The molecule has 2 heteroatoms. The van der Waals surface area contributed by atoms with Crippen LogP contribution in [0.5, 0.6) is 0 Å². The zero-order valence-corrected chi connectivity index (χ0v) is 8.53. The summed E-state index contributed by atoms with van der Waals surface area (Å²) in [6, 6.07) is 1.47. The molecule has 0 aliphatic rings. The fourth-order valence-corrected chi connectivity index (χ4v) is 1.42. The van der Waals surface area contributed by atoms with Gasteiger partial charge in [0, 0.05) is 10.2 Å². The number of nitrogens with two attached hydrogens (primary N) is 1. The third-order valence-corrected chi connectivity index (χ3v) is 2.26. The molecule has 0 radical (unpaired) electrons. The van der Waals surface area contributed by atoms with Crippen LogP contribution in [0.2, 0.25) is 6.04 Å². The summed E-state index contributed by atoms with van der Waals surface area (Å²) in [5.74, 6) is 0. The van der Waals surface area contributed by atoms with Gasteiger partial charge in [-0.15, -0.1) is 0 Å². The van der Waals surface area contributed by atoms with Gasteiger partial charge in [0.25, 0.3) is 0 Å². The molecule has 0 fully saturated rings. The smallest absolute Gasteiger partial charge is 0.00279 e. The van der Waals surface area contributed by atoms with Gasteiger partial charge >= 0.3 is 0 Å². The Morgan fingerprint density at radius 2 is 1.44 bits per heavy atom. The summed E-state index contributed by atoms with van der Waals surface area (Å²) in [5.41, 5.74) is 5.35. The lowest BCUT2D eigenvalue weighted by atomic mass is 10.2. The van der Waals surface area contributed by atoms with E-state index in [4.69, 9.17) is 5.73 Å². The molecule has 0 aromatic rings. The molecule has 9 heavy (non-hydrogen) atoms. The fourth-order valence-electron chi connectivity index (χ4n) is 0.925. The van der Waals surface area contributed by atoms with Crippen LogP contribution in [-0.4, -0.2) is 16.8 Å². The molecule has 56 valence electrons. The summed E-state index contributed by atoms with van der Waals surface area (Å²) < 4.78 is 0. The molecule has 0 aromatic heterocycles. The monoisotopic (exact) mass is 145 g/mol. The van der Waals surface area contributed by atoms with E-state index in [1.54, 1.807) is 0 Å². The number of rotatable bonds is 6. The molecule has 0 aromatic carbocycles. The Balaban J connectivity index is 2.60. The summed E-state index contributed by atoms with van der Waals surface area (Å²) >= 11 is 0. The van der Waals surface area contributed by atoms with Crippen LogP contribution in [-0.2, 0) is 0 Å². The average Bonchev–Trinajstić information content (AvgIpc) is 1.89. The van der Waals surface area contributed by atoms with Crippen molar-refractivity contribution < 1.29 is 0 Å². The molecule has 0 saturated carbocycles. The summed E-state index contributed by atoms with van der Waals surface area (Å²) in [5, 5.41) is 0. The van der Waals surface area contributed by atoms with E-state index in [-0.39, 0.29) is 0 Å². The van der Waals surface area contributed by atoms with E-state index >= 15 is 0 Å². The Morgan fingerprint density at radius 1 is 0.889 bits per heavy atom. The highest BCUT2D eigenvalue weighted by molar-refractivity contribution is 6.08. The molecule has 1 nitrogen and oxygen atoms in total. The molecule has 0 bridgehead atoms. The molecule has 0 amide bonds. The van der Waals surface area contributed by atoms with Gasteiger partial charge in [-0.05, 0) is 13.0 Å². The van der Waals surface area contributed by atoms with Crippen LogP contribution in [0.4, 0.5) is 0 Å². The molecule has 0 unspecified atom stereocenters. The van der Waals surface area contributed by atoms with Crippen molar-refractivity contribution in [3.05, 3.63) is 0 Å². The first-order valence-electron chi connectivity index (χ1n) is 4.12. The van der Waals surface area contributed by atoms with Crippen molar-refractivity contribution >= 4 is 10.2 Å². The Morgan fingerprint density at radius 3 is 2.00 bits per heavy atom. The second kappa shape index (κ2) is 8.18. The van der Waals surface area contributed by atoms with E-state index < -0.39 is 0 Å². The van der Waals surface area contributed by atoms with Crippen molar-refractivity contribution in [1.82, 2.24) is 0 Å². The Bertz CT molecular complexity index is 42.2. The van der Waals surface area contributed by atoms with Crippen LogP contribution in [0.1, 0.15) is 32.1 Å². The van der Waals surface area contributed by atoms with Gasteiger partial charge in [-0.25, -0.2) is 0 Å². The van der Waals surface area contributed by atoms with Gasteiger partial charge in [-0.1, -0.05) is 31.7 Å². The summed E-state index contributed by atoms with van der Waals surface area (Å²) in [7, 11) is 1.38. The van der Waals surface area contributed by atoms with E-state index in [1.807, 2.05) is 0 Å². The molecule has 0 atom stereocenters. The Labute approximate surface area is 61.4 Å². The van der Waals surface area contributed by atoms with E-state index in [2.05, 4.69) is 0 Å². The summed E-state index contributed by atoms with van der Waals surface area (Å²) in [6.07, 6.45) is 6.86. The first-order chi connectivity index (χ1) is 4.41. The summed E-state index contributed by atoms with van der Waals surface area (Å²) in [6.45, 7) is 0.876. The predicted molar refractivity (Wildman–Crippen MR) is 46.9 cm³/mol. The van der Waals surface area contributed by atoms with Gasteiger partial charge in [-0.2, -0.15) is 0 Å². The van der Waals surface area contributed by atoms with Crippen LogP contribution >= 0.6 is 0 Å². The maximum absolute atomic E-state index is 5.35. The van der Waals surface area contributed by atoms with E-state index in [9.17, 15) is 0 Å². The number of unbranched alkanes of at least 4 members (excludes halogenated alkanes) is 4. The predicted octanol–water partition coefficient (Wildman–Crippen LogP) is 0.679. The van der Waals surface area contributed by atoms with Crippen LogP contribution in [0.15, 0.2) is 0 Å². The minimum atomic E-state index is 0.876. The third-order valence-electron chi connectivity index (χ3n) is 1.56. The van der Waals surface area contributed by atoms with Gasteiger partial charge < -0.3 is 5.73 Å². The lowest BCUT2D eigenvalue weighted by Gasteiger charge is -1.96. The van der Waals surface area contributed by atoms with Crippen molar-refractivity contribution in [2.75, 3.05) is 6.54 Å². The Kier molecular flexibility index (Phi) is 8.34. The van der Waals surface area contributed by atoms with Gasteiger partial charge in [0.2, 0.25) is 0 Å². The zero-order valence-electron chi connectivity index (χ0n) is 6.53. The molecule has 0 aliphatic carbocycles. The van der Waals surface area contributed by atoms with Crippen molar-refractivity contribution in [2.24, 2.45) is 5.73 Å². The second-order valence-corrected chi connectivity index (χ2v) is 3.56. The molecular weight excluding hydrogens is 126 g/mol. The molecule has 0 aliphatic heterocycles. The van der Waals surface area contributed by atoms with E-state index in [0.29, 0.717) is 0 Å². The fraction of sp³-hybridized carbons (Fsp3) is 1.00. The van der Waals surface area contributed by atoms with Crippen LogP contribution in [0.3, 0.4) is 0 Å². The largest absolute Gasteiger partial charge is 0.330 e. The zero-order chi connectivity index (χ0) is 6.95. The number of hydrogen-bond donors (Lipinski definition) is 1. The molecule has 0 spiro atoms. The van der Waals surface area contributed by atoms with Crippen LogP contribution in [0, 0.1) is 0 Å². The average molecular weight is 145 g/mol. The van der Waals surface area contributed by atoms with E-state index in [0.717, 1.165) is 6.54 Å².